The minimum atomic E-state index is 0.614. The molecule has 0 bridgehead atoms. The second-order valence-electron chi connectivity index (χ2n) is 5.45. The number of aromatic nitrogens is 3. The zero-order valence-electron chi connectivity index (χ0n) is 10.7. The van der Waals surface area contributed by atoms with E-state index in [2.05, 4.69) is 27.2 Å². The molecule has 1 N–H and O–H groups in total. The Morgan fingerprint density at radius 1 is 1.41 bits per heavy atom. The number of nitrogens with one attached hydrogen (secondary N) is 1. The Hall–Kier alpha value is -0.900. The first-order valence-corrected chi connectivity index (χ1v) is 7.02. The van der Waals surface area contributed by atoms with Gasteiger partial charge < -0.3 is 5.32 Å². The third kappa shape index (κ3) is 2.10. The quantitative estimate of drug-likeness (QED) is 0.852. The van der Waals surface area contributed by atoms with Crippen molar-refractivity contribution in [2.45, 2.75) is 58.0 Å². The Labute approximate surface area is 103 Å². The van der Waals surface area contributed by atoms with E-state index in [9.17, 15) is 0 Å². The van der Waals surface area contributed by atoms with Crippen molar-refractivity contribution in [3.63, 3.8) is 0 Å². The highest BCUT2D eigenvalue weighted by atomic mass is 15.4. The Morgan fingerprint density at radius 3 is 3.24 bits per heavy atom. The zero-order valence-corrected chi connectivity index (χ0v) is 10.7. The highest BCUT2D eigenvalue weighted by Crippen LogP contribution is 2.34. The van der Waals surface area contributed by atoms with E-state index < -0.39 is 0 Å². The Morgan fingerprint density at radius 2 is 2.35 bits per heavy atom. The molecule has 0 spiro atoms. The fourth-order valence-electron chi connectivity index (χ4n) is 3.30. The molecule has 2 unspecified atom stereocenters. The van der Waals surface area contributed by atoms with Crippen molar-refractivity contribution in [2.24, 2.45) is 5.92 Å². The Balaban J connectivity index is 1.81. The smallest absolute Gasteiger partial charge is 0.0997 e. The first-order chi connectivity index (χ1) is 8.38. The van der Waals surface area contributed by atoms with Gasteiger partial charge >= 0.3 is 0 Å². The number of rotatable bonds is 2. The van der Waals surface area contributed by atoms with Gasteiger partial charge in [0.25, 0.3) is 0 Å². The highest BCUT2D eigenvalue weighted by Gasteiger charge is 2.26. The SMILES string of the molecule is CCC1CCCC(n2nnc3c2CCNC3)C1. The molecule has 0 saturated heterocycles. The van der Waals surface area contributed by atoms with Crippen molar-refractivity contribution in [3.05, 3.63) is 11.4 Å². The van der Waals surface area contributed by atoms with Crippen molar-refractivity contribution in [1.82, 2.24) is 20.3 Å². The van der Waals surface area contributed by atoms with Gasteiger partial charge in [0, 0.05) is 19.5 Å². The maximum Gasteiger partial charge on any atom is 0.0997 e. The van der Waals surface area contributed by atoms with Gasteiger partial charge in [-0.05, 0) is 18.8 Å². The molecule has 4 nitrogen and oxygen atoms in total. The van der Waals surface area contributed by atoms with E-state index in [4.69, 9.17) is 0 Å². The maximum absolute atomic E-state index is 4.42. The normalized spacial score (nSPS) is 29.0. The van der Waals surface area contributed by atoms with E-state index in [1.54, 1.807) is 0 Å². The molecule has 1 aromatic rings. The van der Waals surface area contributed by atoms with Crippen LogP contribution in [0.25, 0.3) is 0 Å². The summed E-state index contributed by atoms with van der Waals surface area (Å²) < 4.78 is 2.25. The van der Waals surface area contributed by atoms with Crippen molar-refractivity contribution in [1.29, 1.82) is 0 Å². The van der Waals surface area contributed by atoms with E-state index in [0.717, 1.165) is 25.4 Å². The maximum atomic E-state index is 4.42. The molecule has 0 amide bonds. The van der Waals surface area contributed by atoms with Gasteiger partial charge in [0.1, 0.15) is 0 Å². The van der Waals surface area contributed by atoms with Crippen molar-refractivity contribution >= 4 is 0 Å². The van der Waals surface area contributed by atoms with Crippen LogP contribution in [0.5, 0.6) is 0 Å². The second-order valence-corrected chi connectivity index (χ2v) is 5.45. The molecule has 1 aromatic heterocycles. The van der Waals surface area contributed by atoms with Gasteiger partial charge in [0.15, 0.2) is 0 Å². The van der Waals surface area contributed by atoms with Crippen LogP contribution in [0, 0.1) is 5.92 Å². The number of fused-ring (bicyclic) bond motifs is 1. The van der Waals surface area contributed by atoms with Gasteiger partial charge in [-0.3, -0.25) is 0 Å². The molecule has 94 valence electrons. The topological polar surface area (TPSA) is 42.7 Å². The fourth-order valence-corrected chi connectivity index (χ4v) is 3.30. The lowest BCUT2D eigenvalue weighted by atomic mass is 9.84. The summed E-state index contributed by atoms with van der Waals surface area (Å²) in [6.07, 6.45) is 7.77. The van der Waals surface area contributed by atoms with Crippen molar-refractivity contribution in [3.8, 4) is 0 Å². The zero-order chi connectivity index (χ0) is 11.7. The Bertz CT molecular complexity index is 385. The molecule has 4 heteroatoms. The molecule has 2 atom stereocenters. The predicted molar refractivity (Wildman–Crippen MR) is 66.7 cm³/mol. The van der Waals surface area contributed by atoms with Crippen LogP contribution in [-0.2, 0) is 13.0 Å². The number of nitrogens with zero attached hydrogens (tertiary/aromatic N) is 3. The molecule has 17 heavy (non-hydrogen) atoms. The first kappa shape index (κ1) is 11.2. The standard InChI is InChI=1S/C13H22N4/c1-2-10-4-3-5-11(8-10)17-13-6-7-14-9-12(13)15-16-17/h10-11,14H,2-9H2,1H3. The van der Waals surface area contributed by atoms with Crippen LogP contribution < -0.4 is 5.32 Å². The summed E-state index contributed by atoms with van der Waals surface area (Å²) in [5.41, 5.74) is 2.57. The average molecular weight is 234 g/mol. The third-order valence-electron chi connectivity index (χ3n) is 4.38. The molecule has 2 heterocycles. The summed E-state index contributed by atoms with van der Waals surface area (Å²) in [7, 11) is 0. The molecule has 1 aliphatic heterocycles. The molecule has 0 radical (unpaired) electrons. The fraction of sp³-hybridized carbons (Fsp3) is 0.846. The van der Waals surface area contributed by atoms with Gasteiger partial charge in [-0.25, -0.2) is 4.68 Å². The third-order valence-corrected chi connectivity index (χ3v) is 4.38. The number of hydrogen-bond acceptors (Lipinski definition) is 3. The van der Waals surface area contributed by atoms with Crippen LogP contribution in [0.3, 0.4) is 0 Å². The van der Waals surface area contributed by atoms with Crippen molar-refractivity contribution < 1.29 is 0 Å². The van der Waals surface area contributed by atoms with Crippen LogP contribution >= 0.6 is 0 Å². The summed E-state index contributed by atoms with van der Waals surface area (Å²) >= 11 is 0. The lowest BCUT2D eigenvalue weighted by molar-refractivity contribution is 0.240. The first-order valence-electron chi connectivity index (χ1n) is 7.02. The van der Waals surface area contributed by atoms with E-state index >= 15 is 0 Å². The average Bonchev–Trinajstić information content (AvgIpc) is 2.82. The van der Waals surface area contributed by atoms with Gasteiger partial charge in [-0.2, -0.15) is 0 Å². The summed E-state index contributed by atoms with van der Waals surface area (Å²) in [6.45, 7) is 4.29. The monoisotopic (exact) mass is 234 g/mol. The molecule has 1 aliphatic carbocycles. The summed E-state index contributed by atoms with van der Waals surface area (Å²) in [6, 6.07) is 0.614. The highest BCUT2D eigenvalue weighted by molar-refractivity contribution is 5.14. The molecule has 3 rings (SSSR count). The van der Waals surface area contributed by atoms with E-state index in [-0.39, 0.29) is 0 Å². The molecule has 1 fully saturated rings. The minimum Gasteiger partial charge on any atom is -0.311 e. The molecular formula is C13H22N4. The molecule has 1 saturated carbocycles. The Kier molecular flexibility index (Phi) is 3.14. The summed E-state index contributed by atoms with van der Waals surface area (Å²) in [4.78, 5) is 0. The largest absolute Gasteiger partial charge is 0.311 e. The van der Waals surface area contributed by atoms with E-state index in [1.807, 2.05) is 0 Å². The lowest BCUT2D eigenvalue weighted by Crippen LogP contribution is -2.27. The summed E-state index contributed by atoms with van der Waals surface area (Å²) in [5, 5.41) is 12.1. The van der Waals surface area contributed by atoms with Crippen molar-refractivity contribution in [2.75, 3.05) is 6.54 Å². The van der Waals surface area contributed by atoms with E-state index in [1.165, 1.54) is 43.5 Å². The van der Waals surface area contributed by atoms with Gasteiger partial charge in [0.2, 0.25) is 0 Å². The predicted octanol–water partition coefficient (Wildman–Crippen LogP) is 2.07. The van der Waals surface area contributed by atoms with Gasteiger partial charge in [-0.1, -0.05) is 31.4 Å². The van der Waals surface area contributed by atoms with Gasteiger partial charge in [-0.15, -0.1) is 5.10 Å². The van der Waals surface area contributed by atoms with Crippen LogP contribution in [0.4, 0.5) is 0 Å². The van der Waals surface area contributed by atoms with E-state index in [0.29, 0.717) is 6.04 Å². The number of hydrogen-bond donors (Lipinski definition) is 1. The minimum absolute atomic E-state index is 0.614. The van der Waals surface area contributed by atoms with Crippen LogP contribution in [0.2, 0.25) is 0 Å². The molecule has 0 aromatic carbocycles. The van der Waals surface area contributed by atoms with Crippen LogP contribution in [0.15, 0.2) is 0 Å². The van der Waals surface area contributed by atoms with Gasteiger partial charge in [0.05, 0.1) is 17.4 Å². The second kappa shape index (κ2) is 4.77. The van der Waals surface area contributed by atoms with Crippen LogP contribution in [0.1, 0.15) is 56.5 Å². The molecule has 2 aliphatic rings. The summed E-state index contributed by atoms with van der Waals surface area (Å²) in [5.74, 6) is 0.898. The van der Waals surface area contributed by atoms with Crippen LogP contribution in [-0.4, -0.2) is 21.5 Å². The lowest BCUT2D eigenvalue weighted by Gasteiger charge is -2.29. The molecular weight excluding hydrogens is 212 g/mol.